The topological polar surface area (TPSA) is 166 Å². The molecule has 1 aliphatic heterocycles. The molecule has 1 fully saturated rings. The molecule has 0 bridgehead atoms. The number of carbonyl (C=O) groups excluding carboxylic acids is 5. The molecule has 1 unspecified atom stereocenters. The number of likely N-dealkylation sites (tertiary alicyclic amines) is 1. The SMILES string of the molecule is CC[C@H](C)[C@@H]([C@@H](CC(=O)N1CCC[C@H]1[C@H](OC)[C@@H](C)C(=O)N[C@@H](Cc1ccccc1)c1nc(C(=O)N(C)CCNC)cs1)OC)N(C)C(=O)[C@@H](NC(=O)C(C(C)C)N(C)C)C(C)C. The Morgan fingerprint density at radius 2 is 1.59 bits per heavy atom. The molecule has 1 aromatic heterocycles. The van der Waals surface area contributed by atoms with E-state index < -0.39 is 42.3 Å². The summed E-state index contributed by atoms with van der Waals surface area (Å²) >= 11 is 1.34. The zero-order chi connectivity index (χ0) is 47.1. The van der Waals surface area contributed by atoms with E-state index in [-0.39, 0.29) is 59.8 Å². The molecule has 1 saturated heterocycles. The van der Waals surface area contributed by atoms with Crippen molar-refractivity contribution in [1.82, 2.24) is 40.5 Å². The molecule has 3 rings (SSSR count). The summed E-state index contributed by atoms with van der Waals surface area (Å²) in [6, 6.07) is 7.29. The molecule has 1 aromatic carbocycles. The predicted molar refractivity (Wildman–Crippen MR) is 249 cm³/mol. The van der Waals surface area contributed by atoms with Crippen molar-refractivity contribution in [2.24, 2.45) is 23.7 Å². The summed E-state index contributed by atoms with van der Waals surface area (Å²) in [5.41, 5.74) is 1.33. The van der Waals surface area contributed by atoms with Crippen LogP contribution in [0.5, 0.6) is 0 Å². The van der Waals surface area contributed by atoms with Gasteiger partial charge in [-0.2, -0.15) is 0 Å². The second-order valence-electron chi connectivity index (χ2n) is 18.1. The molecule has 15 nitrogen and oxygen atoms in total. The lowest BCUT2D eigenvalue weighted by molar-refractivity contribution is -0.148. The Bertz CT molecular complexity index is 1750. The number of thiazole rings is 1. The van der Waals surface area contributed by atoms with Gasteiger partial charge in [0.25, 0.3) is 5.91 Å². The second kappa shape index (κ2) is 25.5. The lowest BCUT2D eigenvalue weighted by Gasteiger charge is -2.41. The van der Waals surface area contributed by atoms with Gasteiger partial charge in [-0.3, -0.25) is 28.9 Å². The number of ether oxygens (including phenoxy) is 2. The Morgan fingerprint density at radius 1 is 0.921 bits per heavy atom. The molecule has 0 spiro atoms. The van der Waals surface area contributed by atoms with Crippen molar-refractivity contribution in [3.8, 4) is 0 Å². The molecule has 2 heterocycles. The summed E-state index contributed by atoms with van der Waals surface area (Å²) < 4.78 is 12.2. The Labute approximate surface area is 381 Å². The van der Waals surface area contributed by atoms with Crippen molar-refractivity contribution in [2.45, 2.75) is 123 Å². The Kier molecular flexibility index (Phi) is 21.6. The summed E-state index contributed by atoms with van der Waals surface area (Å²) in [5, 5.41) is 11.7. The van der Waals surface area contributed by atoms with Crippen molar-refractivity contribution in [3.63, 3.8) is 0 Å². The van der Waals surface area contributed by atoms with Gasteiger partial charge in [0.05, 0.1) is 48.7 Å². The Hall–Kier alpha value is -3.96. The van der Waals surface area contributed by atoms with Crippen molar-refractivity contribution < 1.29 is 33.4 Å². The molecule has 0 aliphatic carbocycles. The fraction of sp³-hybridized carbons (Fsp3) is 0.702. The minimum atomic E-state index is -0.774. The van der Waals surface area contributed by atoms with Gasteiger partial charge in [0.15, 0.2) is 0 Å². The van der Waals surface area contributed by atoms with Gasteiger partial charge in [0.2, 0.25) is 23.6 Å². The van der Waals surface area contributed by atoms with Crippen LogP contribution in [0.2, 0.25) is 0 Å². The third-order valence-corrected chi connectivity index (χ3v) is 13.6. The largest absolute Gasteiger partial charge is 0.379 e. The van der Waals surface area contributed by atoms with Crippen LogP contribution in [0.1, 0.15) is 101 Å². The average molecular weight is 899 g/mol. The van der Waals surface area contributed by atoms with E-state index in [9.17, 15) is 24.0 Å². The third-order valence-electron chi connectivity index (χ3n) is 12.6. The highest BCUT2D eigenvalue weighted by Gasteiger charge is 2.43. The van der Waals surface area contributed by atoms with Crippen LogP contribution in [0.25, 0.3) is 0 Å². The van der Waals surface area contributed by atoms with E-state index in [1.807, 2.05) is 110 Å². The molecule has 3 N–H and O–H groups in total. The number of methoxy groups -OCH3 is 2. The number of likely N-dealkylation sites (N-methyl/N-ethyl adjacent to an activating group) is 4. The molecule has 2 aromatic rings. The maximum Gasteiger partial charge on any atom is 0.273 e. The maximum atomic E-state index is 14.4. The minimum Gasteiger partial charge on any atom is -0.379 e. The number of rotatable bonds is 25. The van der Waals surface area contributed by atoms with Crippen LogP contribution in [-0.4, -0.2) is 160 Å². The molecule has 354 valence electrons. The van der Waals surface area contributed by atoms with E-state index in [4.69, 9.17) is 14.5 Å². The van der Waals surface area contributed by atoms with Crippen molar-refractivity contribution in [2.75, 3.05) is 69.1 Å². The van der Waals surface area contributed by atoms with Crippen LogP contribution in [-0.2, 0) is 35.1 Å². The predicted octanol–water partition coefficient (Wildman–Crippen LogP) is 4.48. The molecule has 0 saturated carbocycles. The van der Waals surface area contributed by atoms with Gasteiger partial charge in [-0.05, 0) is 63.7 Å². The van der Waals surface area contributed by atoms with Crippen LogP contribution in [0.4, 0.5) is 0 Å². The molecule has 63 heavy (non-hydrogen) atoms. The van der Waals surface area contributed by atoms with Crippen molar-refractivity contribution >= 4 is 40.9 Å². The van der Waals surface area contributed by atoms with E-state index in [0.29, 0.717) is 43.2 Å². The van der Waals surface area contributed by atoms with Gasteiger partial charge in [-0.25, -0.2) is 4.98 Å². The molecule has 1 aliphatic rings. The third kappa shape index (κ3) is 14.3. The van der Waals surface area contributed by atoms with Gasteiger partial charge in [-0.15, -0.1) is 11.3 Å². The van der Waals surface area contributed by atoms with E-state index >= 15 is 0 Å². The number of hydrogen-bond donors (Lipinski definition) is 3. The first-order valence-electron chi connectivity index (χ1n) is 22.6. The van der Waals surface area contributed by atoms with Gasteiger partial charge in [-0.1, -0.05) is 85.2 Å². The van der Waals surface area contributed by atoms with Crippen molar-refractivity contribution in [3.05, 3.63) is 52.0 Å². The lowest BCUT2D eigenvalue weighted by atomic mass is 9.89. The summed E-state index contributed by atoms with van der Waals surface area (Å²) in [4.78, 5) is 81.5. The molecular weight excluding hydrogens is 821 g/mol. The first-order valence-corrected chi connectivity index (χ1v) is 23.5. The molecule has 5 amide bonds. The van der Waals surface area contributed by atoms with Crippen LogP contribution in [0.15, 0.2) is 35.7 Å². The minimum absolute atomic E-state index is 0.0137. The smallest absolute Gasteiger partial charge is 0.273 e. The normalized spacial score (nSPS) is 18.0. The second-order valence-corrected chi connectivity index (χ2v) is 19.0. The summed E-state index contributed by atoms with van der Waals surface area (Å²) in [7, 11) is 12.2. The van der Waals surface area contributed by atoms with Crippen LogP contribution < -0.4 is 16.0 Å². The number of aromatic nitrogens is 1. The summed E-state index contributed by atoms with van der Waals surface area (Å²) in [6.07, 6.45) is 1.34. The van der Waals surface area contributed by atoms with Gasteiger partial charge >= 0.3 is 0 Å². The fourth-order valence-corrected chi connectivity index (χ4v) is 9.73. The number of nitrogens with one attached hydrogen (secondary N) is 3. The highest BCUT2D eigenvalue weighted by atomic mass is 32.1. The standard InChI is InChI=1S/C47H78N8O7S/c1-15-31(6)41(54(12)47(60)39(29(2)3)51-44(58)40(30(4)5)52(9)10)37(61-13)27-38(56)55-24-19-22-36(55)42(62-14)32(7)43(57)49-34(26-33-20-17-16-18-21-33)45-50-35(28-63-45)46(59)53(11)25-23-48-8/h16-18,20-21,28-32,34,36-37,39-42,48H,15,19,22-27H2,1-14H3,(H,49,57)(H,51,58)/t31-,32+,34-,36-,37+,39-,40?,41-,42+/m0/s1. The number of benzene rings is 1. The fourth-order valence-electron chi connectivity index (χ4n) is 8.89. The quantitative estimate of drug-likeness (QED) is 0.130. The monoisotopic (exact) mass is 899 g/mol. The number of nitrogens with zero attached hydrogens (tertiary/aromatic N) is 5. The highest BCUT2D eigenvalue weighted by molar-refractivity contribution is 7.09. The Morgan fingerprint density at radius 3 is 2.14 bits per heavy atom. The average Bonchev–Trinajstić information content (AvgIpc) is 3.95. The molecular formula is C47H78N8O7S. The summed E-state index contributed by atoms with van der Waals surface area (Å²) in [6.45, 7) is 15.4. The van der Waals surface area contributed by atoms with Gasteiger partial charge in [0, 0.05) is 53.3 Å². The number of hydrogen-bond acceptors (Lipinski definition) is 11. The molecule has 0 radical (unpaired) electrons. The van der Waals surface area contributed by atoms with E-state index in [0.717, 1.165) is 18.4 Å². The molecule has 9 atom stereocenters. The first-order chi connectivity index (χ1) is 29.8. The summed E-state index contributed by atoms with van der Waals surface area (Å²) in [5.74, 6) is -1.86. The van der Waals surface area contributed by atoms with Crippen LogP contribution in [0.3, 0.4) is 0 Å². The van der Waals surface area contributed by atoms with Crippen LogP contribution >= 0.6 is 11.3 Å². The van der Waals surface area contributed by atoms with Crippen LogP contribution in [0, 0.1) is 23.7 Å². The van der Waals surface area contributed by atoms with Crippen molar-refractivity contribution in [1.29, 1.82) is 0 Å². The lowest BCUT2D eigenvalue weighted by Crippen LogP contribution is -2.59. The zero-order valence-corrected chi connectivity index (χ0v) is 41.3. The highest BCUT2D eigenvalue weighted by Crippen LogP contribution is 2.31. The van der Waals surface area contributed by atoms with Gasteiger partial charge < -0.3 is 40.1 Å². The Balaban J connectivity index is 1.83. The van der Waals surface area contributed by atoms with E-state index in [2.05, 4.69) is 16.0 Å². The number of carbonyl (C=O) groups is 5. The molecule has 16 heteroatoms. The maximum absolute atomic E-state index is 14.4. The van der Waals surface area contributed by atoms with E-state index in [1.165, 1.54) is 11.3 Å². The van der Waals surface area contributed by atoms with Gasteiger partial charge in [0.1, 0.15) is 16.7 Å². The zero-order valence-electron chi connectivity index (χ0n) is 40.5. The first kappa shape index (κ1) is 53.4. The van der Waals surface area contributed by atoms with E-state index in [1.54, 1.807) is 43.5 Å². The number of amides is 5.